The first kappa shape index (κ1) is 16.8. The summed E-state index contributed by atoms with van der Waals surface area (Å²) in [6.07, 6.45) is 2.81. The van der Waals surface area contributed by atoms with E-state index in [1.54, 1.807) is 4.90 Å². The average molecular weight is 348 g/mol. The molecule has 0 bridgehead atoms. The number of nitrogens with one attached hydrogen (secondary N) is 1. The van der Waals surface area contributed by atoms with Crippen molar-refractivity contribution in [3.63, 3.8) is 0 Å². The quantitative estimate of drug-likeness (QED) is 0.923. The summed E-state index contributed by atoms with van der Waals surface area (Å²) < 4.78 is 0. The molecular formula is C22H24N2O2. The van der Waals surface area contributed by atoms with Crippen molar-refractivity contribution in [2.75, 3.05) is 6.54 Å². The Bertz CT molecular complexity index is 808. The van der Waals surface area contributed by atoms with Crippen LogP contribution in [0.5, 0.6) is 0 Å². The number of carbonyl (C=O) groups is 2. The van der Waals surface area contributed by atoms with Crippen molar-refractivity contribution in [1.82, 2.24) is 10.2 Å². The highest BCUT2D eigenvalue weighted by molar-refractivity contribution is 5.93. The van der Waals surface area contributed by atoms with E-state index in [1.807, 2.05) is 49.4 Å². The van der Waals surface area contributed by atoms with Crippen molar-refractivity contribution in [1.29, 1.82) is 0 Å². The minimum absolute atomic E-state index is 0.0230. The molecule has 26 heavy (non-hydrogen) atoms. The number of benzene rings is 2. The number of amides is 2. The lowest BCUT2D eigenvalue weighted by molar-refractivity contribution is -0.157. The molecule has 1 N–H and O–H groups in total. The molecule has 0 spiro atoms. The fourth-order valence-electron chi connectivity index (χ4n) is 4.06. The lowest BCUT2D eigenvalue weighted by Crippen LogP contribution is -2.68. The van der Waals surface area contributed by atoms with Crippen LogP contribution in [0.1, 0.15) is 30.0 Å². The molecule has 1 fully saturated rings. The summed E-state index contributed by atoms with van der Waals surface area (Å²) in [7, 11) is 0. The predicted molar refractivity (Wildman–Crippen MR) is 101 cm³/mol. The van der Waals surface area contributed by atoms with Crippen molar-refractivity contribution < 1.29 is 9.59 Å². The molecule has 2 aromatic rings. The predicted octanol–water partition coefficient (Wildman–Crippen LogP) is 2.50. The number of likely N-dealkylation sites (tertiary alicyclic amines) is 1. The number of nitrogens with zero attached hydrogens (tertiary/aromatic N) is 1. The minimum atomic E-state index is -0.722. The monoisotopic (exact) mass is 348 g/mol. The third kappa shape index (κ3) is 3.00. The third-order valence-electron chi connectivity index (χ3n) is 5.79. The van der Waals surface area contributed by atoms with Gasteiger partial charge in [0.05, 0.1) is 6.42 Å². The first-order valence-electron chi connectivity index (χ1n) is 9.28. The molecular weight excluding hydrogens is 324 g/mol. The molecule has 1 unspecified atom stereocenters. The van der Waals surface area contributed by atoms with Gasteiger partial charge in [-0.3, -0.25) is 9.59 Å². The third-order valence-corrected chi connectivity index (χ3v) is 5.79. The minimum Gasteiger partial charge on any atom is -0.351 e. The summed E-state index contributed by atoms with van der Waals surface area (Å²) >= 11 is 0. The summed E-state index contributed by atoms with van der Waals surface area (Å²) in [5.74, 6) is -0.00206. The maximum atomic E-state index is 12.9. The second kappa shape index (κ2) is 6.60. The van der Waals surface area contributed by atoms with Gasteiger partial charge in [0.25, 0.3) is 0 Å². The van der Waals surface area contributed by atoms with Gasteiger partial charge in [0.1, 0.15) is 5.54 Å². The van der Waals surface area contributed by atoms with Gasteiger partial charge in [0.2, 0.25) is 11.8 Å². The molecule has 4 heteroatoms. The second-order valence-corrected chi connectivity index (χ2v) is 7.58. The SMILES string of the molecule is CC1(C(=O)NC2Cc3ccccc3C2)CCN1C(=O)Cc1ccccc1. The van der Waals surface area contributed by atoms with Crippen molar-refractivity contribution in [2.24, 2.45) is 0 Å². The molecule has 2 aromatic carbocycles. The zero-order valence-electron chi connectivity index (χ0n) is 15.1. The van der Waals surface area contributed by atoms with Gasteiger partial charge in [-0.2, -0.15) is 0 Å². The molecule has 0 saturated carbocycles. The fourth-order valence-corrected chi connectivity index (χ4v) is 4.06. The molecule has 134 valence electrons. The normalized spacial score (nSPS) is 21.8. The Hall–Kier alpha value is -2.62. The van der Waals surface area contributed by atoms with Gasteiger partial charge in [-0.15, -0.1) is 0 Å². The summed E-state index contributed by atoms with van der Waals surface area (Å²) in [4.78, 5) is 27.3. The molecule has 1 atom stereocenters. The number of hydrogen-bond donors (Lipinski definition) is 1. The summed E-state index contributed by atoms with van der Waals surface area (Å²) in [6.45, 7) is 2.54. The van der Waals surface area contributed by atoms with E-state index in [1.165, 1.54) is 11.1 Å². The highest BCUT2D eigenvalue weighted by Crippen LogP contribution is 2.32. The van der Waals surface area contributed by atoms with E-state index in [-0.39, 0.29) is 17.9 Å². The Balaban J connectivity index is 1.39. The van der Waals surface area contributed by atoms with E-state index >= 15 is 0 Å². The van der Waals surface area contributed by atoms with Crippen LogP contribution in [0, 0.1) is 0 Å². The lowest BCUT2D eigenvalue weighted by Gasteiger charge is -2.49. The Kier molecular flexibility index (Phi) is 4.27. The first-order chi connectivity index (χ1) is 12.6. The first-order valence-corrected chi connectivity index (χ1v) is 9.28. The fraction of sp³-hybridized carbons (Fsp3) is 0.364. The molecule has 4 rings (SSSR count). The van der Waals surface area contributed by atoms with Gasteiger partial charge in [-0.05, 0) is 42.9 Å². The van der Waals surface area contributed by atoms with Gasteiger partial charge in [0.15, 0.2) is 0 Å². The molecule has 1 aliphatic heterocycles. The Morgan fingerprint density at radius 3 is 2.23 bits per heavy atom. The average Bonchev–Trinajstić information content (AvgIpc) is 3.03. The molecule has 1 saturated heterocycles. The standard InChI is InChI=1S/C22H24N2O2/c1-22(11-12-24(22)20(25)13-16-7-3-2-4-8-16)21(26)23-19-14-17-9-5-6-10-18(17)15-19/h2-10,19H,11-15H2,1H3,(H,23,26). The van der Waals surface area contributed by atoms with Crippen molar-refractivity contribution >= 4 is 11.8 Å². The van der Waals surface area contributed by atoms with Crippen molar-refractivity contribution in [3.8, 4) is 0 Å². The molecule has 4 nitrogen and oxygen atoms in total. The Morgan fingerprint density at radius 2 is 1.65 bits per heavy atom. The van der Waals surface area contributed by atoms with E-state index in [9.17, 15) is 9.59 Å². The number of hydrogen-bond acceptors (Lipinski definition) is 2. The van der Waals surface area contributed by atoms with Gasteiger partial charge in [-0.25, -0.2) is 0 Å². The van der Waals surface area contributed by atoms with Gasteiger partial charge in [-0.1, -0.05) is 54.6 Å². The molecule has 0 aromatic heterocycles. The van der Waals surface area contributed by atoms with Crippen LogP contribution in [0.15, 0.2) is 54.6 Å². The van der Waals surface area contributed by atoms with Crippen LogP contribution in [0.4, 0.5) is 0 Å². The number of carbonyl (C=O) groups excluding carboxylic acids is 2. The van der Waals surface area contributed by atoms with Crippen LogP contribution in [0.2, 0.25) is 0 Å². The molecule has 2 aliphatic rings. The van der Waals surface area contributed by atoms with E-state index in [2.05, 4.69) is 17.4 Å². The van der Waals surface area contributed by atoms with Crippen LogP contribution < -0.4 is 5.32 Å². The van der Waals surface area contributed by atoms with E-state index in [4.69, 9.17) is 0 Å². The highest BCUT2D eigenvalue weighted by Gasteiger charge is 2.49. The largest absolute Gasteiger partial charge is 0.351 e. The van der Waals surface area contributed by atoms with Crippen molar-refractivity contribution in [2.45, 2.75) is 44.2 Å². The zero-order chi connectivity index (χ0) is 18.1. The topological polar surface area (TPSA) is 49.4 Å². The smallest absolute Gasteiger partial charge is 0.245 e. The zero-order valence-corrected chi connectivity index (χ0v) is 15.1. The summed E-state index contributed by atoms with van der Waals surface area (Å²) in [5.41, 5.74) is 2.89. The van der Waals surface area contributed by atoms with Crippen molar-refractivity contribution in [3.05, 3.63) is 71.3 Å². The maximum absolute atomic E-state index is 12.9. The van der Waals surface area contributed by atoms with Crippen LogP contribution in [-0.2, 0) is 28.9 Å². The highest BCUT2D eigenvalue weighted by atomic mass is 16.2. The molecule has 2 amide bonds. The van der Waals surface area contributed by atoms with Crippen LogP contribution in [-0.4, -0.2) is 34.8 Å². The molecule has 1 aliphatic carbocycles. The lowest BCUT2D eigenvalue weighted by atomic mass is 9.84. The number of fused-ring (bicyclic) bond motifs is 1. The van der Waals surface area contributed by atoms with E-state index < -0.39 is 5.54 Å². The molecule has 0 radical (unpaired) electrons. The second-order valence-electron chi connectivity index (χ2n) is 7.58. The Labute approximate surface area is 154 Å². The van der Waals surface area contributed by atoms with Gasteiger partial charge < -0.3 is 10.2 Å². The van der Waals surface area contributed by atoms with E-state index in [0.717, 1.165) is 24.8 Å². The van der Waals surface area contributed by atoms with E-state index in [0.29, 0.717) is 13.0 Å². The van der Waals surface area contributed by atoms with Gasteiger partial charge >= 0.3 is 0 Å². The maximum Gasteiger partial charge on any atom is 0.245 e. The molecule has 1 heterocycles. The van der Waals surface area contributed by atoms with Crippen LogP contribution in [0.25, 0.3) is 0 Å². The van der Waals surface area contributed by atoms with Crippen LogP contribution in [0.3, 0.4) is 0 Å². The summed E-state index contributed by atoms with van der Waals surface area (Å²) in [5, 5.41) is 3.18. The number of rotatable bonds is 4. The summed E-state index contributed by atoms with van der Waals surface area (Å²) in [6, 6.07) is 18.2. The van der Waals surface area contributed by atoms with Gasteiger partial charge in [0, 0.05) is 12.6 Å². The Morgan fingerprint density at radius 1 is 1.04 bits per heavy atom. The van der Waals surface area contributed by atoms with Crippen LogP contribution >= 0.6 is 0 Å².